The quantitative estimate of drug-likeness (QED) is 0.540. The summed E-state index contributed by atoms with van der Waals surface area (Å²) in [4.78, 5) is 0.701. The smallest absolute Gasteiger partial charge is 0.238 e. The van der Waals surface area contributed by atoms with Crippen LogP contribution in [0.3, 0.4) is 0 Å². The van der Waals surface area contributed by atoms with Crippen molar-refractivity contribution in [2.45, 2.75) is 4.90 Å². The Balaban J connectivity index is 2.84. The van der Waals surface area contributed by atoms with Crippen molar-refractivity contribution in [3.05, 3.63) is 23.0 Å². The van der Waals surface area contributed by atoms with Gasteiger partial charge in [-0.05, 0) is 18.2 Å². The molecule has 4 N–H and O–H groups in total. The van der Waals surface area contributed by atoms with Crippen LogP contribution in [0.15, 0.2) is 28.2 Å². The maximum atomic E-state index is 11.2. The van der Waals surface area contributed by atoms with Crippen molar-refractivity contribution >= 4 is 31.6 Å². The van der Waals surface area contributed by atoms with Gasteiger partial charge in [0.05, 0.1) is 15.1 Å². The molecule has 0 amide bonds. The van der Waals surface area contributed by atoms with Gasteiger partial charge in [0.2, 0.25) is 14.8 Å². The van der Waals surface area contributed by atoms with Crippen LogP contribution in [0.4, 0.5) is 0 Å². The van der Waals surface area contributed by atoms with Crippen molar-refractivity contribution in [2.75, 3.05) is 0 Å². The Morgan fingerprint density at radius 2 is 2.12 bits per heavy atom. The van der Waals surface area contributed by atoms with Gasteiger partial charge in [-0.25, -0.2) is 13.6 Å². The van der Waals surface area contributed by atoms with Gasteiger partial charge in [0.15, 0.2) is 0 Å². The lowest BCUT2D eigenvalue weighted by Gasteiger charge is -1.98. The second-order valence-corrected chi connectivity index (χ2v) is 5.82. The highest BCUT2D eigenvalue weighted by molar-refractivity contribution is 7.89. The summed E-state index contributed by atoms with van der Waals surface area (Å²) in [6.45, 7) is 0. The summed E-state index contributed by atoms with van der Waals surface area (Å²) in [6, 6.07) is 4.66. The Kier molecular flexibility index (Phi) is 2.49. The summed E-state index contributed by atoms with van der Waals surface area (Å²) in [7, 11) is -1.86. The maximum absolute atomic E-state index is 11.2. The van der Waals surface area contributed by atoms with Crippen molar-refractivity contribution < 1.29 is 8.42 Å². The van der Waals surface area contributed by atoms with Crippen LogP contribution < -0.4 is 15.8 Å². The van der Waals surface area contributed by atoms with Gasteiger partial charge in [0.1, 0.15) is 0 Å². The first-order valence-electron chi connectivity index (χ1n) is 4.30. The van der Waals surface area contributed by atoms with Crippen LogP contribution in [0.5, 0.6) is 0 Å². The summed E-state index contributed by atoms with van der Waals surface area (Å²) < 4.78 is 24.9. The van der Waals surface area contributed by atoms with Crippen LogP contribution in [0, 0.1) is 0 Å². The third-order valence-electron chi connectivity index (χ3n) is 2.22. The number of primary sulfonamides is 1. The monoisotopic (exact) mass is 258 g/mol. The molecule has 0 spiro atoms. The second kappa shape index (κ2) is 3.58. The van der Waals surface area contributed by atoms with Crippen LogP contribution in [0.1, 0.15) is 0 Å². The van der Waals surface area contributed by atoms with Gasteiger partial charge in [-0.15, -0.1) is 0 Å². The minimum absolute atomic E-state index is 0.0884. The highest BCUT2D eigenvalue weighted by Crippen LogP contribution is 2.20. The number of hydrogen-bond acceptors (Lipinski definition) is 5. The molecule has 1 aromatic heterocycles. The molecule has 0 atom stereocenters. The van der Waals surface area contributed by atoms with Gasteiger partial charge in [0.25, 0.3) is 0 Å². The lowest BCUT2D eigenvalue weighted by atomic mass is 10.3. The van der Waals surface area contributed by atoms with E-state index in [1.807, 2.05) is 0 Å². The number of hydrogen-bond donors (Lipinski definition) is 2. The molecule has 16 heavy (non-hydrogen) atoms. The molecule has 6 nitrogen and oxygen atoms in total. The minimum Gasteiger partial charge on any atom is -0.320 e. The molecule has 0 saturated heterocycles. The molecule has 0 aliphatic carbocycles. The number of nitrogens with two attached hydrogens (primary N) is 2. The molecule has 0 radical (unpaired) electrons. The molecule has 1 aromatic carbocycles. The molecule has 0 bridgehead atoms. The summed E-state index contributed by atoms with van der Waals surface area (Å²) in [5.41, 5.74) is 0.863. The molecule has 86 valence electrons. The first-order chi connectivity index (χ1) is 7.43. The molecular weight excluding hydrogens is 248 g/mol. The van der Waals surface area contributed by atoms with Crippen LogP contribution in [-0.4, -0.2) is 13.0 Å². The van der Waals surface area contributed by atoms with E-state index in [2.05, 4.69) is 5.10 Å². The van der Waals surface area contributed by atoms with Gasteiger partial charge >= 0.3 is 0 Å². The molecule has 2 rings (SSSR count). The average Bonchev–Trinajstić information content (AvgIpc) is 2.54. The van der Waals surface area contributed by atoms with E-state index < -0.39 is 10.0 Å². The van der Waals surface area contributed by atoms with Gasteiger partial charge in [-0.3, -0.25) is 0 Å². The summed E-state index contributed by atoms with van der Waals surface area (Å²) in [5, 5.41) is 8.65. The number of rotatable bonds is 1. The van der Waals surface area contributed by atoms with Crippen molar-refractivity contribution in [3.63, 3.8) is 0 Å². The van der Waals surface area contributed by atoms with Crippen molar-refractivity contribution in [1.29, 1.82) is 0 Å². The number of thiazole rings is 1. The number of aryl methyl sites for hydroxylation is 1. The predicted octanol–water partition coefficient (Wildman–Crippen LogP) is -0.338. The first kappa shape index (κ1) is 11.1. The third-order valence-corrected chi connectivity index (χ3v) is 4.24. The Morgan fingerprint density at radius 3 is 2.69 bits per heavy atom. The van der Waals surface area contributed by atoms with Crippen LogP contribution in [-0.2, 0) is 17.1 Å². The fourth-order valence-corrected chi connectivity index (χ4v) is 3.01. The lowest BCUT2D eigenvalue weighted by Crippen LogP contribution is -2.12. The number of benzene rings is 1. The van der Waals surface area contributed by atoms with E-state index in [1.165, 1.54) is 23.5 Å². The zero-order valence-electron chi connectivity index (χ0n) is 8.41. The molecule has 1 heterocycles. The van der Waals surface area contributed by atoms with Crippen LogP contribution in [0.2, 0.25) is 0 Å². The standard InChI is InChI=1S/C8H10N4O2S2/c1-12-6-3-2-5(16(10,13)14)4-7(6)15-8(12)11-9/h2-4H,9H2,1H3,(H2,10,13,14)/b11-8+. The van der Waals surface area contributed by atoms with E-state index in [4.69, 9.17) is 11.0 Å². The van der Waals surface area contributed by atoms with Crippen LogP contribution in [0.25, 0.3) is 10.2 Å². The molecule has 0 aliphatic heterocycles. The van der Waals surface area contributed by atoms with E-state index in [1.54, 1.807) is 17.7 Å². The van der Waals surface area contributed by atoms with Gasteiger partial charge in [-0.2, -0.15) is 5.10 Å². The molecule has 0 unspecified atom stereocenters. The van der Waals surface area contributed by atoms with E-state index in [0.717, 1.165) is 10.2 Å². The maximum Gasteiger partial charge on any atom is 0.238 e. The zero-order valence-corrected chi connectivity index (χ0v) is 10.0. The molecule has 0 saturated carbocycles. The molecule has 2 aromatic rings. The number of aromatic nitrogens is 1. The topological polar surface area (TPSA) is 103 Å². The summed E-state index contributed by atoms with van der Waals surface area (Å²) >= 11 is 1.31. The van der Waals surface area contributed by atoms with Gasteiger partial charge < -0.3 is 10.4 Å². The highest BCUT2D eigenvalue weighted by atomic mass is 32.2. The Labute approximate surface area is 95.9 Å². The van der Waals surface area contributed by atoms with E-state index >= 15 is 0 Å². The van der Waals surface area contributed by atoms with Crippen molar-refractivity contribution in [1.82, 2.24) is 4.57 Å². The number of fused-ring (bicyclic) bond motifs is 1. The summed E-state index contributed by atoms with van der Waals surface area (Å²) in [5.74, 6) is 5.21. The fourth-order valence-electron chi connectivity index (χ4n) is 1.41. The first-order valence-corrected chi connectivity index (χ1v) is 6.66. The van der Waals surface area contributed by atoms with E-state index in [-0.39, 0.29) is 4.90 Å². The third kappa shape index (κ3) is 1.70. The Bertz CT molecular complexity index is 711. The largest absolute Gasteiger partial charge is 0.320 e. The number of nitrogens with zero attached hydrogens (tertiary/aromatic N) is 2. The van der Waals surface area contributed by atoms with Gasteiger partial charge in [0, 0.05) is 7.05 Å². The molecule has 8 heteroatoms. The average molecular weight is 258 g/mol. The summed E-state index contributed by atoms with van der Waals surface area (Å²) in [6.07, 6.45) is 0. The Hall–Kier alpha value is -1.38. The zero-order chi connectivity index (χ0) is 11.9. The SMILES string of the molecule is Cn1/c(=N\N)sc2cc(S(N)(=O)=O)ccc21. The minimum atomic E-state index is -3.67. The lowest BCUT2D eigenvalue weighted by molar-refractivity contribution is 0.598. The van der Waals surface area contributed by atoms with Crippen LogP contribution >= 0.6 is 11.3 Å². The normalized spacial score (nSPS) is 13.5. The fraction of sp³-hybridized carbons (Fsp3) is 0.125. The van der Waals surface area contributed by atoms with Crippen molar-refractivity contribution in [2.24, 2.45) is 23.1 Å². The molecular formula is C8H10N4O2S2. The van der Waals surface area contributed by atoms with E-state index in [9.17, 15) is 8.42 Å². The molecule has 0 aliphatic rings. The van der Waals surface area contributed by atoms with Gasteiger partial charge in [-0.1, -0.05) is 11.3 Å². The Morgan fingerprint density at radius 1 is 1.44 bits per heavy atom. The molecule has 0 fully saturated rings. The second-order valence-electron chi connectivity index (χ2n) is 3.25. The van der Waals surface area contributed by atoms with E-state index in [0.29, 0.717) is 4.80 Å². The highest BCUT2D eigenvalue weighted by Gasteiger charge is 2.10. The number of sulfonamides is 1. The van der Waals surface area contributed by atoms with Crippen molar-refractivity contribution in [3.8, 4) is 0 Å². The predicted molar refractivity (Wildman–Crippen MR) is 61.9 cm³/mol.